The third-order valence-electron chi connectivity index (χ3n) is 4.89. The first-order valence-electron chi connectivity index (χ1n) is 8.69. The van der Waals surface area contributed by atoms with Gasteiger partial charge in [0.25, 0.3) is 5.91 Å². The minimum absolute atomic E-state index is 0.0910. The molecule has 2 aromatic rings. The lowest BCUT2D eigenvalue weighted by molar-refractivity contribution is -0.132. The van der Waals surface area contributed by atoms with Crippen LogP contribution in [0.2, 0.25) is 5.02 Å². The Hall–Kier alpha value is -2.24. The quantitative estimate of drug-likeness (QED) is 0.821. The van der Waals surface area contributed by atoms with Gasteiger partial charge in [0.2, 0.25) is 0 Å². The van der Waals surface area contributed by atoms with Gasteiger partial charge >= 0.3 is 0 Å². The second-order valence-corrected chi connectivity index (χ2v) is 7.18. The standard InChI is InChI=1S/C20H19ClFN3O/c21-17-10-15(6-7-18(17)22)11-24-9-8-16-19(13-24)23-25(20(16)26)12-14-4-2-1-3-5-14/h1-7,10,16H,8-9,11-13H2. The minimum atomic E-state index is -0.406. The first-order chi connectivity index (χ1) is 12.6. The Balaban J connectivity index is 1.44. The normalized spacial score (nSPS) is 20.2. The highest BCUT2D eigenvalue weighted by Crippen LogP contribution is 2.27. The second kappa shape index (κ2) is 7.17. The van der Waals surface area contributed by atoms with E-state index in [1.165, 1.54) is 6.07 Å². The van der Waals surface area contributed by atoms with Crippen molar-refractivity contribution in [3.63, 3.8) is 0 Å². The van der Waals surface area contributed by atoms with Crippen molar-refractivity contribution in [2.45, 2.75) is 19.5 Å². The number of hydrogen-bond acceptors (Lipinski definition) is 3. The highest BCUT2D eigenvalue weighted by Gasteiger charge is 2.39. The number of amides is 1. The Labute approximate surface area is 156 Å². The molecule has 1 unspecified atom stereocenters. The van der Waals surface area contributed by atoms with Crippen molar-refractivity contribution in [1.82, 2.24) is 9.91 Å². The van der Waals surface area contributed by atoms with E-state index < -0.39 is 5.82 Å². The van der Waals surface area contributed by atoms with Gasteiger partial charge in [-0.05, 0) is 29.7 Å². The summed E-state index contributed by atoms with van der Waals surface area (Å²) in [6.45, 7) is 2.63. The zero-order valence-electron chi connectivity index (χ0n) is 14.2. The third kappa shape index (κ3) is 3.50. The van der Waals surface area contributed by atoms with Crippen LogP contribution in [0.4, 0.5) is 4.39 Å². The van der Waals surface area contributed by atoms with Gasteiger partial charge in [-0.15, -0.1) is 0 Å². The summed E-state index contributed by atoms with van der Waals surface area (Å²) in [5, 5.41) is 6.31. The molecular formula is C20H19ClFN3O. The van der Waals surface area contributed by atoms with Crippen LogP contribution in [-0.4, -0.2) is 34.6 Å². The van der Waals surface area contributed by atoms with Gasteiger partial charge in [-0.3, -0.25) is 9.69 Å². The van der Waals surface area contributed by atoms with Crippen molar-refractivity contribution in [3.05, 3.63) is 70.5 Å². The zero-order chi connectivity index (χ0) is 18.1. The Morgan fingerprint density at radius 1 is 1.12 bits per heavy atom. The number of hydrogen-bond donors (Lipinski definition) is 0. The highest BCUT2D eigenvalue weighted by molar-refractivity contribution is 6.30. The molecule has 0 aliphatic carbocycles. The number of hydrazone groups is 1. The molecule has 6 heteroatoms. The van der Waals surface area contributed by atoms with E-state index in [4.69, 9.17) is 11.6 Å². The lowest BCUT2D eigenvalue weighted by Gasteiger charge is -2.29. The largest absolute Gasteiger partial charge is 0.293 e. The molecule has 2 aromatic carbocycles. The smallest absolute Gasteiger partial charge is 0.251 e. The van der Waals surface area contributed by atoms with Gasteiger partial charge in [-0.2, -0.15) is 5.10 Å². The van der Waals surface area contributed by atoms with E-state index in [1.807, 2.05) is 30.3 Å². The van der Waals surface area contributed by atoms with Gasteiger partial charge in [-0.1, -0.05) is 48.0 Å². The fourth-order valence-electron chi connectivity index (χ4n) is 3.55. The maximum absolute atomic E-state index is 13.3. The number of halogens is 2. The summed E-state index contributed by atoms with van der Waals surface area (Å²) in [6.07, 6.45) is 0.762. The van der Waals surface area contributed by atoms with Crippen LogP contribution in [0, 0.1) is 11.7 Å². The topological polar surface area (TPSA) is 35.9 Å². The number of benzene rings is 2. The van der Waals surface area contributed by atoms with Crippen LogP contribution in [0.15, 0.2) is 53.6 Å². The molecular weight excluding hydrogens is 353 g/mol. The number of carbonyl (C=O) groups is 1. The molecule has 1 amide bonds. The van der Waals surface area contributed by atoms with Crippen molar-refractivity contribution >= 4 is 23.2 Å². The van der Waals surface area contributed by atoms with E-state index in [-0.39, 0.29) is 16.8 Å². The summed E-state index contributed by atoms with van der Waals surface area (Å²) < 4.78 is 13.3. The Morgan fingerprint density at radius 2 is 1.92 bits per heavy atom. The molecule has 1 fully saturated rings. The fourth-order valence-corrected chi connectivity index (χ4v) is 3.75. The number of piperidine rings is 1. The van der Waals surface area contributed by atoms with E-state index in [1.54, 1.807) is 17.1 Å². The molecule has 2 heterocycles. The first kappa shape index (κ1) is 17.2. The predicted molar refractivity (Wildman–Crippen MR) is 99.2 cm³/mol. The average Bonchev–Trinajstić information content (AvgIpc) is 2.94. The molecule has 4 rings (SSSR count). The molecule has 2 aliphatic rings. The lowest BCUT2D eigenvalue weighted by Crippen LogP contribution is -2.41. The van der Waals surface area contributed by atoms with E-state index in [0.29, 0.717) is 19.6 Å². The number of fused-ring (bicyclic) bond motifs is 1. The number of rotatable bonds is 4. The van der Waals surface area contributed by atoms with Gasteiger partial charge in [0.1, 0.15) is 5.82 Å². The molecule has 26 heavy (non-hydrogen) atoms. The van der Waals surface area contributed by atoms with Gasteiger partial charge in [-0.25, -0.2) is 9.40 Å². The molecule has 0 N–H and O–H groups in total. The summed E-state index contributed by atoms with van der Waals surface area (Å²) in [7, 11) is 0. The van der Waals surface area contributed by atoms with Crippen molar-refractivity contribution in [3.8, 4) is 0 Å². The van der Waals surface area contributed by atoms with Crippen molar-refractivity contribution in [1.29, 1.82) is 0 Å². The maximum atomic E-state index is 13.3. The second-order valence-electron chi connectivity index (χ2n) is 6.77. The van der Waals surface area contributed by atoms with Gasteiger partial charge in [0, 0.05) is 19.6 Å². The van der Waals surface area contributed by atoms with E-state index in [2.05, 4.69) is 10.0 Å². The molecule has 1 atom stereocenters. The summed E-state index contributed by atoms with van der Waals surface area (Å²) >= 11 is 5.87. The maximum Gasteiger partial charge on any atom is 0.251 e. The predicted octanol–water partition coefficient (Wildman–Crippen LogP) is 3.70. The summed E-state index contributed by atoms with van der Waals surface area (Å²) in [4.78, 5) is 14.8. The molecule has 0 bridgehead atoms. The first-order valence-corrected chi connectivity index (χ1v) is 9.07. The Morgan fingerprint density at radius 3 is 2.69 bits per heavy atom. The van der Waals surface area contributed by atoms with E-state index in [9.17, 15) is 9.18 Å². The number of nitrogens with zero attached hydrogens (tertiary/aromatic N) is 3. The fraction of sp³-hybridized carbons (Fsp3) is 0.300. The Kier molecular flexibility index (Phi) is 4.74. The van der Waals surface area contributed by atoms with Crippen molar-refractivity contribution in [2.24, 2.45) is 11.0 Å². The van der Waals surface area contributed by atoms with Crippen LogP contribution in [-0.2, 0) is 17.9 Å². The highest BCUT2D eigenvalue weighted by atomic mass is 35.5. The summed E-state index contributed by atoms with van der Waals surface area (Å²) in [5.41, 5.74) is 2.95. The lowest BCUT2D eigenvalue weighted by atomic mass is 9.94. The van der Waals surface area contributed by atoms with Crippen LogP contribution in [0.5, 0.6) is 0 Å². The molecule has 0 spiro atoms. The number of carbonyl (C=O) groups excluding carboxylic acids is 1. The number of likely N-dealkylation sites (tertiary alicyclic amines) is 1. The van der Waals surface area contributed by atoms with Crippen molar-refractivity contribution < 1.29 is 9.18 Å². The van der Waals surface area contributed by atoms with E-state index >= 15 is 0 Å². The van der Waals surface area contributed by atoms with Crippen molar-refractivity contribution in [2.75, 3.05) is 13.1 Å². The van der Waals surface area contributed by atoms with Crippen LogP contribution in [0.3, 0.4) is 0 Å². The molecule has 1 saturated heterocycles. The molecule has 0 saturated carbocycles. The van der Waals surface area contributed by atoms with Crippen LogP contribution in [0.1, 0.15) is 17.5 Å². The summed E-state index contributed by atoms with van der Waals surface area (Å²) in [5.74, 6) is -0.420. The third-order valence-corrected chi connectivity index (χ3v) is 5.18. The SMILES string of the molecule is O=C1C2CCN(Cc3ccc(F)c(Cl)c3)CC2=NN1Cc1ccccc1. The van der Waals surface area contributed by atoms with Crippen LogP contribution < -0.4 is 0 Å². The van der Waals surface area contributed by atoms with Gasteiger partial charge in [0.15, 0.2) is 0 Å². The van der Waals surface area contributed by atoms with Crippen LogP contribution in [0.25, 0.3) is 0 Å². The van der Waals surface area contributed by atoms with E-state index in [0.717, 1.165) is 29.8 Å². The van der Waals surface area contributed by atoms with Crippen LogP contribution >= 0.6 is 11.6 Å². The molecule has 134 valence electrons. The summed E-state index contributed by atoms with van der Waals surface area (Å²) in [6, 6.07) is 14.7. The average molecular weight is 372 g/mol. The minimum Gasteiger partial charge on any atom is -0.293 e. The monoisotopic (exact) mass is 371 g/mol. The zero-order valence-corrected chi connectivity index (χ0v) is 15.0. The molecule has 0 aromatic heterocycles. The Bertz CT molecular complexity index is 855. The van der Waals surface area contributed by atoms with Gasteiger partial charge in [0.05, 0.1) is 23.2 Å². The molecule has 0 radical (unpaired) electrons. The molecule has 2 aliphatic heterocycles. The molecule has 4 nitrogen and oxygen atoms in total. The van der Waals surface area contributed by atoms with Gasteiger partial charge < -0.3 is 0 Å².